The highest BCUT2D eigenvalue weighted by molar-refractivity contribution is 7.98. The molecule has 2 aliphatic rings. The number of hydrogen-bond donors (Lipinski definition) is 1. The fraction of sp³-hybridized carbons (Fsp3) is 0.400. The smallest absolute Gasteiger partial charge is 0.338 e. The van der Waals surface area contributed by atoms with Gasteiger partial charge in [0.25, 0.3) is 5.91 Å². The monoisotopic (exact) mass is 579 g/mol. The Bertz CT molecular complexity index is 1420. The van der Waals surface area contributed by atoms with Gasteiger partial charge in [0.1, 0.15) is 17.6 Å². The van der Waals surface area contributed by atoms with Gasteiger partial charge in [-0.15, -0.1) is 5.10 Å². The van der Waals surface area contributed by atoms with Gasteiger partial charge in [0.15, 0.2) is 6.61 Å². The van der Waals surface area contributed by atoms with Crippen LogP contribution >= 0.6 is 11.8 Å². The minimum absolute atomic E-state index is 0.0145. The van der Waals surface area contributed by atoms with Crippen molar-refractivity contribution in [3.05, 3.63) is 76.7 Å². The van der Waals surface area contributed by atoms with Crippen LogP contribution in [0.5, 0.6) is 5.75 Å². The van der Waals surface area contributed by atoms with Crippen LogP contribution < -0.4 is 10.1 Å². The van der Waals surface area contributed by atoms with E-state index in [0.29, 0.717) is 52.5 Å². The Balaban J connectivity index is 1.37. The van der Waals surface area contributed by atoms with Crippen LogP contribution in [0, 0.1) is 5.82 Å². The zero-order valence-corrected chi connectivity index (χ0v) is 24.1. The summed E-state index contributed by atoms with van der Waals surface area (Å²) in [6, 6.07) is 13.3. The van der Waals surface area contributed by atoms with E-state index in [9.17, 15) is 14.0 Å². The third-order valence-electron chi connectivity index (χ3n) is 7.07. The number of benzene rings is 2. The van der Waals surface area contributed by atoms with Gasteiger partial charge in [0.2, 0.25) is 11.1 Å². The van der Waals surface area contributed by atoms with E-state index in [-0.39, 0.29) is 18.3 Å². The van der Waals surface area contributed by atoms with E-state index in [0.717, 1.165) is 37.9 Å². The lowest BCUT2D eigenvalue weighted by Gasteiger charge is -2.28. The zero-order valence-electron chi connectivity index (χ0n) is 23.3. The predicted octanol–water partition coefficient (Wildman–Crippen LogP) is 5.34. The van der Waals surface area contributed by atoms with Gasteiger partial charge >= 0.3 is 5.97 Å². The fourth-order valence-electron chi connectivity index (χ4n) is 4.92. The van der Waals surface area contributed by atoms with Crippen molar-refractivity contribution in [1.82, 2.24) is 19.7 Å². The summed E-state index contributed by atoms with van der Waals surface area (Å²) in [4.78, 5) is 32.2. The molecule has 1 N–H and O–H groups in total. The van der Waals surface area contributed by atoms with E-state index in [1.807, 2.05) is 30.9 Å². The van der Waals surface area contributed by atoms with Gasteiger partial charge in [0.05, 0.1) is 12.2 Å². The summed E-state index contributed by atoms with van der Waals surface area (Å²) >= 11 is 1.31. The summed E-state index contributed by atoms with van der Waals surface area (Å²) in [7, 11) is 0. The van der Waals surface area contributed by atoms with Crippen molar-refractivity contribution in [3.8, 4) is 5.75 Å². The molecule has 3 heterocycles. The second kappa shape index (κ2) is 13.2. The Hall–Kier alpha value is -3.86. The Morgan fingerprint density at radius 3 is 2.59 bits per heavy atom. The molecule has 1 aromatic heterocycles. The molecular weight excluding hydrogens is 545 g/mol. The second-order valence-electron chi connectivity index (χ2n) is 10.0. The molecule has 9 nitrogen and oxygen atoms in total. The fourth-order valence-corrected chi connectivity index (χ4v) is 5.74. The van der Waals surface area contributed by atoms with Crippen LogP contribution in [-0.2, 0) is 20.1 Å². The summed E-state index contributed by atoms with van der Waals surface area (Å²) < 4.78 is 27.1. The molecule has 1 saturated heterocycles. The first-order valence-electron chi connectivity index (χ1n) is 13.9. The quantitative estimate of drug-likeness (QED) is 0.254. The number of hydrogen-bond acceptors (Lipinski definition) is 8. The molecule has 5 rings (SSSR count). The van der Waals surface area contributed by atoms with Crippen LogP contribution in [0.1, 0.15) is 56.7 Å². The number of ether oxygens (including phenoxy) is 2. The minimum atomic E-state index is -0.602. The number of amides is 1. The van der Waals surface area contributed by atoms with E-state index in [1.165, 1.54) is 17.8 Å². The first-order valence-corrected chi connectivity index (χ1v) is 14.9. The number of piperidine rings is 1. The maximum atomic E-state index is 14.2. The van der Waals surface area contributed by atoms with Crippen molar-refractivity contribution < 1.29 is 23.5 Å². The molecule has 0 aliphatic carbocycles. The zero-order chi connectivity index (χ0) is 28.8. The number of thioether (sulfide) groups is 1. The van der Waals surface area contributed by atoms with Crippen molar-refractivity contribution in [2.75, 3.05) is 31.6 Å². The average Bonchev–Trinajstić information content (AvgIpc) is 3.40. The van der Waals surface area contributed by atoms with Gasteiger partial charge in [-0.25, -0.2) is 13.9 Å². The first-order chi connectivity index (χ1) is 19.9. The Kier molecular flexibility index (Phi) is 9.23. The number of fused-ring (bicyclic) bond motifs is 1. The SMILES string of the molecule is CCCOC(=O)C1=C(C)Nc2nc(SCc3ccccc3F)nn2C1c1ccc(OCC(=O)N2CCCCC2)cc1. The molecule has 11 heteroatoms. The van der Waals surface area contributed by atoms with Gasteiger partial charge < -0.3 is 19.7 Å². The Morgan fingerprint density at radius 2 is 1.85 bits per heavy atom. The number of anilines is 1. The highest BCUT2D eigenvalue weighted by Gasteiger charge is 2.35. The van der Waals surface area contributed by atoms with Crippen molar-refractivity contribution >= 4 is 29.6 Å². The number of halogens is 1. The number of carbonyl (C=O) groups excluding carboxylic acids is 2. The lowest BCUT2D eigenvalue weighted by molar-refractivity contribution is -0.139. The number of esters is 1. The Morgan fingerprint density at radius 1 is 1.10 bits per heavy atom. The number of rotatable bonds is 10. The first kappa shape index (κ1) is 28.7. The molecule has 1 amide bonds. The van der Waals surface area contributed by atoms with E-state index >= 15 is 0 Å². The Labute approximate surface area is 243 Å². The molecule has 2 aliphatic heterocycles. The van der Waals surface area contributed by atoms with Crippen LogP contribution in [0.2, 0.25) is 0 Å². The molecule has 0 spiro atoms. The highest BCUT2D eigenvalue weighted by atomic mass is 32.2. The minimum Gasteiger partial charge on any atom is -0.484 e. The van der Waals surface area contributed by atoms with Crippen LogP contribution in [0.3, 0.4) is 0 Å². The number of aromatic nitrogens is 3. The molecule has 0 radical (unpaired) electrons. The lowest BCUT2D eigenvalue weighted by atomic mass is 9.96. The summed E-state index contributed by atoms with van der Waals surface area (Å²) in [6.45, 7) is 5.59. The molecule has 3 aromatic rings. The van der Waals surface area contributed by atoms with E-state index in [1.54, 1.807) is 35.0 Å². The molecule has 0 bridgehead atoms. The van der Waals surface area contributed by atoms with Crippen molar-refractivity contribution in [2.45, 2.75) is 56.5 Å². The number of allylic oxidation sites excluding steroid dienone is 1. The topological polar surface area (TPSA) is 98.6 Å². The summed E-state index contributed by atoms with van der Waals surface area (Å²) in [5.41, 5.74) is 2.38. The predicted molar refractivity (Wildman–Crippen MR) is 154 cm³/mol. The molecular formula is C30H34FN5O4S. The molecule has 0 saturated carbocycles. The van der Waals surface area contributed by atoms with E-state index in [4.69, 9.17) is 14.6 Å². The van der Waals surface area contributed by atoms with Crippen molar-refractivity contribution in [2.24, 2.45) is 0 Å². The highest BCUT2D eigenvalue weighted by Crippen LogP contribution is 2.37. The third kappa shape index (κ3) is 6.73. The van der Waals surface area contributed by atoms with E-state index < -0.39 is 12.0 Å². The second-order valence-corrected chi connectivity index (χ2v) is 11.0. The van der Waals surface area contributed by atoms with Gasteiger partial charge in [0, 0.05) is 24.5 Å². The maximum absolute atomic E-state index is 14.2. The molecule has 2 aromatic carbocycles. The standard InChI is InChI=1S/C30H34FN5O4S/c1-3-17-39-28(38)26-20(2)32-29-33-30(41-19-22-9-5-6-10-24(22)31)34-36(29)27(26)21-11-13-23(14-12-21)40-18-25(37)35-15-7-4-8-16-35/h5-6,9-14,27H,3-4,7-8,15-19H2,1-2H3,(H,32,33,34). The number of likely N-dealkylation sites (tertiary alicyclic amines) is 1. The van der Waals surface area contributed by atoms with Gasteiger partial charge in [-0.3, -0.25) is 4.79 Å². The van der Waals surface area contributed by atoms with Gasteiger partial charge in [-0.05, 0) is 61.9 Å². The summed E-state index contributed by atoms with van der Waals surface area (Å²) in [5.74, 6) is 0.668. The molecule has 41 heavy (non-hydrogen) atoms. The average molecular weight is 580 g/mol. The third-order valence-corrected chi connectivity index (χ3v) is 7.96. The van der Waals surface area contributed by atoms with Crippen LogP contribution in [0.25, 0.3) is 0 Å². The van der Waals surface area contributed by atoms with Gasteiger partial charge in [-0.1, -0.05) is 49.0 Å². The summed E-state index contributed by atoms with van der Waals surface area (Å²) in [6.07, 6.45) is 3.91. The van der Waals surface area contributed by atoms with Crippen LogP contribution in [-0.4, -0.2) is 57.8 Å². The number of carbonyl (C=O) groups is 2. The number of nitrogens with one attached hydrogen (secondary N) is 1. The van der Waals surface area contributed by atoms with E-state index in [2.05, 4.69) is 10.3 Å². The molecule has 1 atom stereocenters. The van der Waals surface area contributed by atoms with Gasteiger partial charge in [-0.2, -0.15) is 4.98 Å². The molecule has 216 valence electrons. The maximum Gasteiger partial charge on any atom is 0.338 e. The van der Waals surface area contributed by atoms with Crippen molar-refractivity contribution in [3.63, 3.8) is 0 Å². The molecule has 1 unspecified atom stereocenters. The van der Waals surface area contributed by atoms with Crippen molar-refractivity contribution in [1.29, 1.82) is 0 Å². The molecule has 1 fully saturated rings. The normalized spacial score (nSPS) is 16.7. The lowest BCUT2D eigenvalue weighted by Crippen LogP contribution is -2.38. The van der Waals surface area contributed by atoms with Crippen LogP contribution in [0.4, 0.5) is 10.3 Å². The summed E-state index contributed by atoms with van der Waals surface area (Å²) in [5, 5.41) is 8.33. The largest absolute Gasteiger partial charge is 0.484 e. The number of nitrogens with zero attached hydrogens (tertiary/aromatic N) is 4. The van der Waals surface area contributed by atoms with Crippen LogP contribution in [0.15, 0.2) is 65.0 Å².